The molecule has 0 amide bonds. The lowest BCUT2D eigenvalue weighted by Gasteiger charge is -2.19. The van der Waals surface area contributed by atoms with Crippen molar-refractivity contribution in [1.29, 1.82) is 0 Å². The Bertz CT molecular complexity index is 631. The van der Waals surface area contributed by atoms with E-state index in [1.54, 1.807) is 0 Å². The summed E-state index contributed by atoms with van der Waals surface area (Å²) in [5.74, 6) is -0.153. The number of nitrogens with zero attached hydrogens (tertiary/aromatic N) is 2. The van der Waals surface area contributed by atoms with Crippen LogP contribution in [0.4, 0.5) is 5.82 Å². The van der Waals surface area contributed by atoms with E-state index in [1.165, 1.54) is 18.0 Å². The zero-order valence-corrected chi connectivity index (χ0v) is 12.0. The summed E-state index contributed by atoms with van der Waals surface area (Å²) in [4.78, 5) is 18.6. The molecular weight excluding hydrogens is 282 g/mol. The molecule has 2 atom stereocenters. The number of hydrogen-bond donors (Lipinski definition) is 2. The third-order valence-electron chi connectivity index (χ3n) is 3.76. The Morgan fingerprint density at radius 3 is 2.77 bits per heavy atom. The minimum Gasteiger partial charge on any atom is -0.476 e. The van der Waals surface area contributed by atoms with Crippen LogP contribution in [-0.4, -0.2) is 34.2 Å². The minimum atomic E-state index is -1.08. The molecule has 1 aromatic carbocycles. The predicted molar refractivity (Wildman–Crippen MR) is 80.7 cm³/mol. The average Bonchev–Trinajstić information content (AvgIpc) is 3.02. The minimum absolute atomic E-state index is 0.0584. The number of aromatic nitrogens is 2. The molecule has 114 valence electrons. The lowest BCUT2D eigenvalue weighted by atomic mass is 9.95. The van der Waals surface area contributed by atoms with Gasteiger partial charge in [0.05, 0.1) is 18.5 Å². The highest BCUT2D eigenvalue weighted by atomic mass is 16.5. The van der Waals surface area contributed by atoms with Gasteiger partial charge < -0.3 is 15.2 Å². The molecule has 22 heavy (non-hydrogen) atoms. The second kappa shape index (κ2) is 6.53. The normalized spacial score (nSPS) is 20.7. The van der Waals surface area contributed by atoms with Crippen molar-refractivity contribution in [3.63, 3.8) is 0 Å². The molecule has 0 unspecified atom stereocenters. The Morgan fingerprint density at radius 1 is 1.27 bits per heavy atom. The molecular formula is C16H17N3O3. The van der Waals surface area contributed by atoms with Crippen LogP contribution in [0.15, 0.2) is 42.7 Å². The third-order valence-corrected chi connectivity index (χ3v) is 3.76. The summed E-state index contributed by atoms with van der Waals surface area (Å²) in [6, 6.07) is 10.2. The first-order valence-electron chi connectivity index (χ1n) is 7.20. The van der Waals surface area contributed by atoms with Crippen LogP contribution in [0.1, 0.15) is 28.6 Å². The van der Waals surface area contributed by atoms with Crippen molar-refractivity contribution in [3.8, 4) is 0 Å². The van der Waals surface area contributed by atoms with Crippen LogP contribution in [0.3, 0.4) is 0 Å². The second-order valence-corrected chi connectivity index (χ2v) is 5.22. The van der Waals surface area contributed by atoms with Crippen molar-refractivity contribution >= 4 is 11.8 Å². The van der Waals surface area contributed by atoms with E-state index in [2.05, 4.69) is 27.4 Å². The van der Waals surface area contributed by atoms with E-state index < -0.39 is 5.97 Å². The summed E-state index contributed by atoms with van der Waals surface area (Å²) < 4.78 is 5.84. The Balaban J connectivity index is 1.62. The Labute approximate surface area is 128 Å². The third kappa shape index (κ3) is 3.23. The number of rotatable bonds is 5. The predicted octanol–water partition coefficient (Wildman–Crippen LogP) is 2.36. The van der Waals surface area contributed by atoms with Gasteiger partial charge in [-0.25, -0.2) is 14.8 Å². The molecule has 3 rings (SSSR count). The molecule has 2 N–H and O–H groups in total. The molecule has 6 nitrogen and oxygen atoms in total. The summed E-state index contributed by atoms with van der Waals surface area (Å²) in [7, 11) is 0. The molecule has 2 aromatic rings. The standard InChI is InChI=1S/C16H17N3O3/c20-16(21)13-9-19-14(10-17-13)18-8-12-6-7-22-15(12)11-4-2-1-3-5-11/h1-5,9-10,12,15H,6-8H2,(H,18,19)(H,20,21)/t12-,15-/m0/s1. The van der Waals surface area contributed by atoms with Crippen molar-refractivity contribution in [1.82, 2.24) is 9.97 Å². The fourth-order valence-corrected chi connectivity index (χ4v) is 2.62. The van der Waals surface area contributed by atoms with Gasteiger partial charge in [0, 0.05) is 19.1 Å². The smallest absolute Gasteiger partial charge is 0.356 e. The van der Waals surface area contributed by atoms with E-state index in [-0.39, 0.29) is 11.8 Å². The van der Waals surface area contributed by atoms with Gasteiger partial charge >= 0.3 is 5.97 Å². The molecule has 1 aliphatic heterocycles. The number of hydrogen-bond acceptors (Lipinski definition) is 5. The summed E-state index contributed by atoms with van der Waals surface area (Å²) in [6.45, 7) is 1.45. The van der Waals surface area contributed by atoms with Crippen molar-refractivity contribution in [3.05, 3.63) is 54.0 Å². The molecule has 1 aliphatic rings. The van der Waals surface area contributed by atoms with Crippen LogP contribution in [-0.2, 0) is 4.74 Å². The second-order valence-electron chi connectivity index (χ2n) is 5.22. The zero-order chi connectivity index (χ0) is 15.4. The molecule has 6 heteroatoms. The molecule has 1 fully saturated rings. The maximum Gasteiger partial charge on any atom is 0.356 e. The largest absolute Gasteiger partial charge is 0.476 e. The average molecular weight is 299 g/mol. The number of nitrogens with one attached hydrogen (secondary N) is 1. The van der Waals surface area contributed by atoms with Crippen LogP contribution in [0.25, 0.3) is 0 Å². The number of carbonyl (C=O) groups is 1. The van der Waals surface area contributed by atoms with Gasteiger partial charge in [0.2, 0.25) is 0 Å². The number of benzene rings is 1. The van der Waals surface area contributed by atoms with Crippen LogP contribution < -0.4 is 5.32 Å². The molecule has 0 saturated carbocycles. The maximum absolute atomic E-state index is 10.7. The monoisotopic (exact) mass is 299 g/mol. The fraction of sp³-hybridized carbons (Fsp3) is 0.312. The van der Waals surface area contributed by atoms with Gasteiger partial charge in [0.15, 0.2) is 5.69 Å². The summed E-state index contributed by atoms with van der Waals surface area (Å²) >= 11 is 0. The maximum atomic E-state index is 10.7. The van der Waals surface area contributed by atoms with Crippen molar-refractivity contribution in [2.24, 2.45) is 5.92 Å². The summed E-state index contributed by atoms with van der Waals surface area (Å²) in [5, 5.41) is 12.0. The van der Waals surface area contributed by atoms with Crippen LogP contribution >= 0.6 is 0 Å². The van der Waals surface area contributed by atoms with Gasteiger partial charge in [0.1, 0.15) is 5.82 Å². The summed E-state index contributed by atoms with van der Waals surface area (Å²) in [5.41, 5.74) is 1.12. The Hall–Kier alpha value is -2.47. The number of anilines is 1. The van der Waals surface area contributed by atoms with Crippen molar-refractivity contribution in [2.75, 3.05) is 18.5 Å². The lowest BCUT2D eigenvalue weighted by Crippen LogP contribution is -2.18. The number of aromatic carboxylic acids is 1. The van der Waals surface area contributed by atoms with Gasteiger partial charge in [-0.3, -0.25) is 0 Å². The molecule has 0 spiro atoms. The highest BCUT2D eigenvalue weighted by Gasteiger charge is 2.29. The molecule has 0 aliphatic carbocycles. The van der Waals surface area contributed by atoms with E-state index in [1.807, 2.05) is 18.2 Å². The number of ether oxygens (including phenoxy) is 1. The molecule has 1 saturated heterocycles. The molecule has 1 aromatic heterocycles. The van der Waals surface area contributed by atoms with E-state index in [9.17, 15) is 4.79 Å². The Morgan fingerprint density at radius 2 is 2.09 bits per heavy atom. The number of carboxylic acid groups (broad SMARTS) is 1. The fourth-order valence-electron chi connectivity index (χ4n) is 2.62. The highest BCUT2D eigenvalue weighted by Crippen LogP contribution is 2.34. The van der Waals surface area contributed by atoms with Gasteiger partial charge in [-0.05, 0) is 12.0 Å². The number of carboxylic acids is 1. The SMILES string of the molecule is O=C(O)c1cnc(NC[C@@H]2CCO[C@H]2c2ccccc2)cn1. The lowest BCUT2D eigenvalue weighted by molar-refractivity contribution is 0.0690. The quantitative estimate of drug-likeness (QED) is 0.881. The highest BCUT2D eigenvalue weighted by molar-refractivity contribution is 5.84. The van der Waals surface area contributed by atoms with Crippen molar-refractivity contribution < 1.29 is 14.6 Å². The summed E-state index contributed by atoms with van der Waals surface area (Å²) in [6.07, 6.45) is 3.76. The van der Waals surface area contributed by atoms with E-state index in [4.69, 9.17) is 9.84 Å². The van der Waals surface area contributed by atoms with E-state index >= 15 is 0 Å². The van der Waals surface area contributed by atoms with Gasteiger partial charge in [-0.1, -0.05) is 30.3 Å². The van der Waals surface area contributed by atoms with E-state index in [0.29, 0.717) is 18.3 Å². The molecule has 2 heterocycles. The van der Waals surface area contributed by atoms with Crippen LogP contribution in [0, 0.1) is 5.92 Å². The molecule has 0 radical (unpaired) electrons. The van der Waals surface area contributed by atoms with Crippen LogP contribution in [0.2, 0.25) is 0 Å². The molecule has 0 bridgehead atoms. The van der Waals surface area contributed by atoms with Crippen molar-refractivity contribution in [2.45, 2.75) is 12.5 Å². The van der Waals surface area contributed by atoms with Gasteiger partial charge in [0.25, 0.3) is 0 Å². The zero-order valence-electron chi connectivity index (χ0n) is 12.0. The van der Waals surface area contributed by atoms with Crippen LogP contribution in [0.5, 0.6) is 0 Å². The first kappa shape index (κ1) is 14.5. The van der Waals surface area contributed by atoms with Gasteiger partial charge in [-0.2, -0.15) is 0 Å². The van der Waals surface area contributed by atoms with Gasteiger partial charge in [-0.15, -0.1) is 0 Å². The van der Waals surface area contributed by atoms with E-state index in [0.717, 1.165) is 13.0 Å². The Kier molecular flexibility index (Phi) is 4.29. The topological polar surface area (TPSA) is 84.3 Å². The first-order valence-corrected chi connectivity index (χ1v) is 7.20. The first-order chi connectivity index (χ1) is 10.7.